The molecule has 0 saturated carbocycles. The summed E-state index contributed by atoms with van der Waals surface area (Å²) in [6, 6.07) is 6.73. The van der Waals surface area contributed by atoms with E-state index >= 15 is 0 Å². The van der Waals surface area contributed by atoms with Gasteiger partial charge in [-0.3, -0.25) is 4.79 Å². The van der Waals surface area contributed by atoms with Gasteiger partial charge in [0.1, 0.15) is 11.7 Å². The Kier molecular flexibility index (Phi) is 8.30. The molecule has 0 radical (unpaired) electrons. The zero-order valence-electron chi connectivity index (χ0n) is 16.7. The lowest BCUT2D eigenvalue weighted by Gasteiger charge is -2.24. The first-order valence-electron chi connectivity index (χ1n) is 9.20. The summed E-state index contributed by atoms with van der Waals surface area (Å²) in [7, 11) is 0. The van der Waals surface area contributed by atoms with E-state index in [2.05, 4.69) is 10.6 Å². The lowest BCUT2D eigenvalue weighted by molar-refractivity contribution is -0.996. The second-order valence-electron chi connectivity index (χ2n) is 7.18. The minimum atomic E-state index is -1.51. The first kappa shape index (κ1) is 24.5. The van der Waals surface area contributed by atoms with Gasteiger partial charge < -0.3 is 26.2 Å². The molecule has 0 heterocycles. The number of nitrogens with one attached hydrogen (secondary N) is 4. The van der Waals surface area contributed by atoms with E-state index in [9.17, 15) is 35.5 Å². The molecule has 7 N–H and O–H groups in total. The summed E-state index contributed by atoms with van der Waals surface area (Å²) in [6.07, 6.45) is 0.146. The summed E-state index contributed by atoms with van der Waals surface area (Å²) in [6.45, 7) is 3.58. The molecule has 2 aromatic rings. The van der Waals surface area contributed by atoms with Crippen molar-refractivity contribution in [3.8, 4) is 0 Å². The van der Waals surface area contributed by atoms with Gasteiger partial charge in [-0.05, 0) is 36.6 Å². The average Bonchev–Trinajstić information content (AvgIpc) is 2.68. The van der Waals surface area contributed by atoms with E-state index < -0.39 is 39.7 Å². The third kappa shape index (κ3) is 6.60. The Morgan fingerprint density at radius 1 is 1.10 bits per heavy atom. The van der Waals surface area contributed by atoms with E-state index in [1.807, 2.05) is 0 Å². The van der Waals surface area contributed by atoms with E-state index in [1.54, 1.807) is 13.8 Å². The molecule has 0 aliphatic heterocycles. The van der Waals surface area contributed by atoms with Crippen molar-refractivity contribution in [1.82, 2.24) is 0 Å². The minimum Gasteiger partial charge on any atom is -0.595 e. The van der Waals surface area contributed by atoms with Crippen LogP contribution in [0, 0.1) is 16.3 Å². The smallest absolute Gasteiger partial charge is 0.326 e. The number of carbonyl (C=O) groups is 2. The molecule has 0 aliphatic carbocycles. The van der Waals surface area contributed by atoms with Gasteiger partial charge in [0.15, 0.2) is 11.4 Å². The molecule has 168 valence electrons. The quantitative estimate of drug-likeness (QED) is 0.277. The fourth-order valence-corrected chi connectivity index (χ4v) is 2.99. The zero-order chi connectivity index (χ0) is 23.3. The highest BCUT2D eigenvalue weighted by atomic mass is 35.5. The van der Waals surface area contributed by atoms with Gasteiger partial charge in [-0.1, -0.05) is 25.4 Å². The molecular weight excluding hydrogens is 432 g/mol. The molecule has 2 rings (SSSR count). The Bertz CT molecular complexity index is 936. The van der Waals surface area contributed by atoms with Crippen LogP contribution in [0.15, 0.2) is 36.4 Å². The number of carboxylic acid groups (broad SMARTS) is 1. The maximum atomic E-state index is 12.9. The van der Waals surface area contributed by atoms with Gasteiger partial charge in [0.2, 0.25) is 0 Å². The number of carbonyl (C=O) groups excluding carboxylic acids is 1. The second-order valence-corrected chi connectivity index (χ2v) is 7.62. The molecule has 0 spiro atoms. The number of rotatable bonds is 9. The monoisotopic (exact) mass is 454 g/mol. The summed E-state index contributed by atoms with van der Waals surface area (Å²) >= 11 is 5.82. The number of amides is 1. The number of hydrogen-bond acceptors (Lipinski definition) is 7. The van der Waals surface area contributed by atoms with Crippen LogP contribution in [0.2, 0.25) is 5.02 Å². The van der Waals surface area contributed by atoms with E-state index in [4.69, 9.17) is 11.6 Å². The third-order valence-electron chi connectivity index (χ3n) is 4.29. The highest BCUT2D eigenvalue weighted by molar-refractivity contribution is 6.30. The Labute approximate surface area is 182 Å². The van der Waals surface area contributed by atoms with Crippen molar-refractivity contribution in [2.24, 2.45) is 5.92 Å². The summed E-state index contributed by atoms with van der Waals surface area (Å²) in [5, 5.41) is 54.4. The number of hydrogen-bond donors (Lipinski definition) is 7. The van der Waals surface area contributed by atoms with Gasteiger partial charge in [0.05, 0.1) is 11.6 Å². The van der Waals surface area contributed by atoms with Crippen molar-refractivity contribution >= 4 is 46.2 Å². The first-order valence-corrected chi connectivity index (χ1v) is 9.58. The maximum absolute atomic E-state index is 12.9. The second kappa shape index (κ2) is 10.5. The van der Waals surface area contributed by atoms with Gasteiger partial charge in [0, 0.05) is 16.8 Å². The fraction of sp³-hybridized carbons (Fsp3) is 0.263. The summed E-state index contributed by atoms with van der Waals surface area (Å²) < 4.78 is 0. The number of carboxylic acids is 1. The van der Waals surface area contributed by atoms with Crippen molar-refractivity contribution in [3.63, 3.8) is 0 Å². The first-order chi connectivity index (χ1) is 14.5. The normalized spacial score (nSPS) is 14.1. The highest BCUT2D eigenvalue weighted by Crippen LogP contribution is 2.29. The summed E-state index contributed by atoms with van der Waals surface area (Å²) in [5.41, 5.74) is -1.23. The van der Waals surface area contributed by atoms with Crippen LogP contribution in [-0.4, -0.2) is 33.4 Å². The third-order valence-corrected chi connectivity index (χ3v) is 4.54. The lowest BCUT2D eigenvalue weighted by atomic mass is 10.0. The molecule has 11 nitrogen and oxygen atoms in total. The van der Waals surface area contributed by atoms with Crippen molar-refractivity contribution in [3.05, 3.63) is 57.4 Å². The number of benzene rings is 2. The Morgan fingerprint density at radius 2 is 1.71 bits per heavy atom. The molecule has 0 bridgehead atoms. The van der Waals surface area contributed by atoms with Crippen molar-refractivity contribution in [1.29, 1.82) is 0 Å². The van der Waals surface area contributed by atoms with Crippen LogP contribution < -0.4 is 21.1 Å². The molecule has 0 saturated heterocycles. The molecule has 2 aromatic carbocycles. The average molecular weight is 455 g/mol. The molecule has 31 heavy (non-hydrogen) atoms. The number of aliphatic carboxylic acids is 1. The van der Waals surface area contributed by atoms with E-state index in [0.717, 1.165) is 12.1 Å². The lowest BCUT2D eigenvalue weighted by Crippen LogP contribution is -3.01. The standard InChI is InChI=1S/C19H23ClN4O7/c1-10(2)7-15(19(26)27)22-17-14(8-13(23(28)29)9-16(17)24(30)31)18(25)21-12-5-3-11(20)4-6-12/h3-6,8-10,15,22-24,28,30H,7H2,1-2H3,(H,21,25)(H,26,27)/t15-/m1/s1. The largest absolute Gasteiger partial charge is 0.595 e. The Hall–Kier alpha value is -2.77. The van der Waals surface area contributed by atoms with E-state index in [0.29, 0.717) is 10.7 Å². The molecular formula is C19H23ClN4O7. The number of anilines is 2. The zero-order valence-corrected chi connectivity index (χ0v) is 17.4. The highest BCUT2D eigenvalue weighted by Gasteiger charge is 2.28. The number of quaternary nitrogens is 2. The fourth-order valence-electron chi connectivity index (χ4n) is 2.87. The summed E-state index contributed by atoms with van der Waals surface area (Å²) in [4.78, 5) is 24.6. The van der Waals surface area contributed by atoms with Crippen LogP contribution >= 0.6 is 11.6 Å². The molecule has 12 heteroatoms. The molecule has 1 amide bonds. The predicted molar refractivity (Wildman–Crippen MR) is 112 cm³/mol. The van der Waals surface area contributed by atoms with Crippen molar-refractivity contribution < 1.29 is 35.6 Å². The molecule has 0 fully saturated rings. The Morgan fingerprint density at radius 3 is 2.19 bits per heavy atom. The van der Waals surface area contributed by atoms with Crippen molar-refractivity contribution in [2.45, 2.75) is 26.3 Å². The maximum Gasteiger partial charge on any atom is 0.326 e. The predicted octanol–water partition coefficient (Wildman–Crippen LogP) is 1.31. The molecule has 3 atom stereocenters. The SMILES string of the molecule is CC(C)C[C@@H](Nc1c(C(=O)Nc2ccc(Cl)cc2)cc([NH+]([O-])O)cc1[NH+]([O-])O)C(=O)O. The van der Waals surface area contributed by atoms with Crippen LogP contribution in [0.5, 0.6) is 0 Å². The van der Waals surface area contributed by atoms with Crippen LogP contribution in [0.1, 0.15) is 30.6 Å². The van der Waals surface area contributed by atoms with Crippen LogP contribution in [0.4, 0.5) is 22.7 Å². The topological polar surface area (TPSA) is 174 Å². The van der Waals surface area contributed by atoms with Gasteiger partial charge in [-0.2, -0.15) is 10.5 Å². The van der Waals surface area contributed by atoms with Crippen molar-refractivity contribution in [2.75, 3.05) is 10.6 Å². The molecule has 0 aliphatic rings. The van der Waals surface area contributed by atoms with Gasteiger partial charge >= 0.3 is 5.97 Å². The van der Waals surface area contributed by atoms with Crippen LogP contribution in [0.25, 0.3) is 0 Å². The minimum absolute atomic E-state index is 0.0495. The number of halogens is 1. The van der Waals surface area contributed by atoms with E-state index in [-0.39, 0.29) is 23.6 Å². The Balaban J connectivity index is 2.57. The molecule has 0 aromatic heterocycles. The van der Waals surface area contributed by atoms with Gasteiger partial charge in [-0.15, -0.1) is 0 Å². The van der Waals surface area contributed by atoms with Gasteiger partial charge in [0.25, 0.3) is 5.91 Å². The molecule has 2 unspecified atom stereocenters. The van der Waals surface area contributed by atoms with Crippen LogP contribution in [-0.2, 0) is 4.79 Å². The van der Waals surface area contributed by atoms with E-state index in [1.165, 1.54) is 24.3 Å². The van der Waals surface area contributed by atoms with Gasteiger partial charge in [-0.25, -0.2) is 15.2 Å². The van der Waals surface area contributed by atoms with Crippen LogP contribution in [0.3, 0.4) is 0 Å². The summed E-state index contributed by atoms with van der Waals surface area (Å²) in [5.74, 6) is -2.10.